The standard InChI is InChI=1S/C27H33N5O4/c1-31(27(35)36-19-20-10-3-2-4-11-20)16-7-6-15-24(33)28-22-13-9-12-21(18-22)25-29-30-26(34)23-14-5-8-17-32(23)25/h2-4,9-13,18,23H,5-8,14-17,19H2,1H3,(H,28,33)(H,30,34). The van der Waals surface area contributed by atoms with Crippen LogP contribution < -0.4 is 10.7 Å². The highest BCUT2D eigenvalue weighted by Crippen LogP contribution is 2.24. The van der Waals surface area contributed by atoms with E-state index in [1.165, 1.54) is 4.90 Å². The minimum absolute atomic E-state index is 0.0574. The van der Waals surface area contributed by atoms with Crippen molar-refractivity contribution >= 4 is 29.4 Å². The van der Waals surface area contributed by atoms with Gasteiger partial charge in [0.1, 0.15) is 12.6 Å². The van der Waals surface area contributed by atoms with Gasteiger partial charge in [0, 0.05) is 37.8 Å². The number of fused-ring (bicyclic) bond motifs is 1. The SMILES string of the molecule is CN(CCCCC(=O)Nc1cccc(C2=NNC(=O)C3CCCCN23)c1)C(=O)OCc1ccccc1. The molecule has 36 heavy (non-hydrogen) atoms. The van der Waals surface area contributed by atoms with E-state index in [0.29, 0.717) is 31.5 Å². The first-order valence-corrected chi connectivity index (χ1v) is 12.5. The molecule has 190 valence electrons. The van der Waals surface area contributed by atoms with E-state index in [1.54, 1.807) is 7.05 Å². The lowest BCUT2D eigenvalue weighted by molar-refractivity contribution is -0.126. The number of amidine groups is 1. The number of amides is 3. The van der Waals surface area contributed by atoms with Crippen molar-refractivity contribution in [3.05, 3.63) is 65.7 Å². The molecule has 0 saturated carbocycles. The average Bonchev–Trinajstić information content (AvgIpc) is 2.90. The van der Waals surface area contributed by atoms with Gasteiger partial charge in [0.2, 0.25) is 5.91 Å². The molecule has 9 nitrogen and oxygen atoms in total. The van der Waals surface area contributed by atoms with Crippen LogP contribution >= 0.6 is 0 Å². The van der Waals surface area contributed by atoms with Crippen molar-refractivity contribution in [2.45, 2.75) is 51.2 Å². The van der Waals surface area contributed by atoms with Gasteiger partial charge in [0.05, 0.1) is 0 Å². The van der Waals surface area contributed by atoms with Crippen LogP contribution in [0.5, 0.6) is 0 Å². The third kappa shape index (κ3) is 6.62. The summed E-state index contributed by atoms with van der Waals surface area (Å²) in [7, 11) is 1.70. The molecule has 4 rings (SSSR count). The lowest BCUT2D eigenvalue weighted by Crippen LogP contribution is -2.55. The number of carbonyl (C=O) groups is 3. The van der Waals surface area contributed by atoms with Crippen molar-refractivity contribution < 1.29 is 19.1 Å². The van der Waals surface area contributed by atoms with Crippen molar-refractivity contribution in [1.82, 2.24) is 15.2 Å². The third-order valence-electron chi connectivity index (χ3n) is 6.42. The van der Waals surface area contributed by atoms with Crippen molar-refractivity contribution in [3.63, 3.8) is 0 Å². The van der Waals surface area contributed by atoms with E-state index < -0.39 is 0 Å². The second kappa shape index (κ2) is 12.2. The number of carbonyl (C=O) groups excluding carboxylic acids is 3. The highest BCUT2D eigenvalue weighted by atomic mass is 16.6. The lowest BCUT2D eigenvalue weighted by Gasteiger charge is -2.39. The molecule has 1 saturated heterocycles. The summed E-state index contributed by atoms with van der Waals surface area (Å²) in [5.41, 5.74) is 5.13. The highest BCUT2D eigenvalue weighted by Gasteiger charge is 2.34. The van der Waals surface area contributed by atoms with E-state index >= 15 is 0 Å². The number of nitrogens with one attached hydrogen (secondary N) is 2. The maximum Gasteiger partial charge on any atom is 0.409 e. The van der Waals surface area contributed by atoms with E-state index in [9.17, 15) is 14.4 Å². The van der Waals surface area contributed by atoms with Gasteiger partial charge in [-0.1, -0.05) is 42.5 Å². The van der Waals surface area contributed by atoms with Crippen LogP contribution in [0, 0.1) is 0 Å². The normalized spacial score (nSPS) is 16.9. The number of ether oxygens (including phenoxy) is 1. The van der Waals surface area contributed by atoms with Crippen LogP contribution in [0.25, 0.3) is 0 Å². The van der Waals surface area contributed by atoms with Gasteiger partial charge in [-0.2, -0.15) is 5.10 Å². The minimum Gasteiger partial charge on any atom is -0.445 e. The van der Waals surface area contributed by atoms with Crippen LogP contribution in [0.2, 0.25) is 0 Å². The van der Waals surface area contributed by atoms with Gasteiger partial charge < -0.3 is 19.9 Å². The van der Waals surface area contributed by atoms with Crippen molar-refractivity contribution in [3.8, 4) is 0 Å². The molecule has 2 aromatic carbocycles. The molecule has 1 atom stereocenters. The number of hydrogen-bond donors (Lipinski definition) is 2. The first-order valence-electron chi connectivity index (χ1n) is 12.5. The number of anilines is 1. The summed E-state index contributed by atoms with van der Waals surface area (Å²) in [6.07, 6.45) is 4.19. The number of benzene rings is 2. The molecule has 1 fully saturated rings. The molecule has 2 aliphatic heterocycles. The molecule has 0 radical (unpaired) electrons. The fraction of sp³-hybridized carbons (Fsp3) is 0.407. The summed E-state index contributed by atoms with van der Waals surface area (Å²) in [6, 6.07) is 16.9. The fourth-order valence-electron chi connectivity index (χ4n) is 4.45. The number of hydrazone groups is 1. The predicted molar refractivity (Wildman–Crippen MR) is 137 cm³/mol. The van der Waals surface area contributed by atoms with E-state index in [1.807, 2.05) is 54.6 Å². The highest BCUT2D eigenvalue weighted by molar-refractivity contribution is 6.05. The Balaban J connectivity index is 1.21. The Bertz CT molecular complexity index is 1100. The van der Waals surface area contributed by atoms with Crippen LogP contribution in [-0.4, -0.2) is 59.7 Å². The zero-order chi connectivity index (χ0) is 25.3. The number of unbranched alkanes of at least 4 members (excludes halogenated alkanes) is 1. The van der Waals surface area contributed by atoms with E-state index in [4.69, 9.17) is 4.74 Å². The van der Waals surface area contributed by atoms with E-state index in [2.05, 4.69) is 20.7 Å². The van der Waals surface area contributed by atoms with Crippen LogP contribution in [0.1, 0.15) is 49.7 Å². The second-order valence-electron chi connectivity index (χ2n) is 9.16. The van der Waals surface area contributed by atoms with Crippen molar-refractivity contribution in [2.75, 3.05) is 25.5 Å². The molecule has 2 heterocycles. The number of nitrogens with zero attached hydrogens (tertiary/aromatic N) is 3. The van der Waals surface area contributed by atoms with Gasteiger partial charge in [-0.05, 0) is 49.8 Å². The smallest absolute Gasteiger partial charge is 0.409 e. The molecule has 0 bridgehead atoms. The van der Waals surface area contributed by atoms with Gasteiger partial charge in [0.25, 0.3) is 5.91 Å². The summed E-state index contributed by atoms with van der Waals surface area (Å²) >= 11 is 0. The van der Waals surface area contributed by atoms with Crippen LogP contribution in [0.3, 0.4) is 0 Å². The Labute approximate surface area is 211 Å². The Kier molecular flexibility index (Phi) is 8.54. The molecule has 1 unspecified atom stereocenters. The maximum absolute atomic E-state index is 12.5. The van der Waals surface area contributed by atoms with E-state index in [-0.39, 0.29) is 30.6 Å². The molecular formula is C27H33N5O4. The first-order chi connectivity index (χ1) is 17.5. The van der Waals surface area contributed by atoms with Gasteiger partial charge in [-0.15, -0.1) is 0 Å². The number of rotatable bonds is 9. The van der Waals surface area contributed by atoms with Crippen molar-refractivity contribution in [1.29, 1.82) is 0 Å². The topological polar surface area (TPSA) is 103 Å². The zero-order valence-corrected chi connectivity index (χ0v) is 20.6. The first kappa shape index (κ1) is 25.2. The molecule has 9 heteroatoms. The number of hydrogen-bond acceptors (Lipinski definition) is 6. The fourth-order valence-corrected chi connectivity index (χ4v) is 4.45. The summed E-state index contributed by atoms with van der Waals surface area (Å²) in [5.74, 6) is 0.590. The molecule has 0 spiro atoms. The van der Waals surface area contributed by atoms with Gasteiger partial charge in [-0.3, -0.25) is 9.59 Å². The molecule has 2 aromatic rings. The largest absolute Gasteiger partial charge is 0.445 e. The molecular weight excluding hydrogens is 458 g/mol. The molecule has 0 aromatic heterocycles. The number of piperidine rings is 1. The average molecular weight is 492 g/mol. The maximum atomic E-state index is 12.5. The van der Waals surface area contributed by atoms with Crippen molar-refractivity contribution in [2.24, 2.45) is 5.10 Å². The van der Waals surface area contributed by atoms with Crippen LogP contribution in [-0.2, 0) is 20.9 Å². The lowest BCUT2D eigenvalue weighted by atomic mass is 9.99. The van der Waals surface area contributed by atoms with E-state index in [0.717, 1.165) is 42.8 Å². The Morgan fingerprint density at radius 1 is 1.14 bits per heavy atom. The Morgan fingerprint density at radius 3 is 2.81 bits per heavy atom. The van der Waals surface area contributed by atoms with Gasteiger partial charge >= 0.3 is 6.09 Å². The monoisotopic (exact) mass is 491 g/mol. The summed E-state index contributed by atoms with van der Waals surface area (Å²) in [5, 5.41) is 7.24. The van der Waals surface area contributed by atoms with Gasteiger partial charge in [0.15, 0.2) is 5.84 Å². The molecule has 3 amide bonds. The summed E-state index contributed by atoms with van der Waals surface area (Å²) < 4.78 is 5.32. The molecule has 0 aliphatic carbocycles. The van der Waals surface area contributed by atoms with Gasteiger partial charge in [-0.25, -0.2) is 10.2 Å². The zero-order valence-electron chi connectivity index (χ0n) is 20.6. The Morgan fingerprint density at radius 2 is 1.97 bits per heavy atom. The minimum atomic E-state index is -0.377. The molecule has 2 aliphatic rings. The molecule has 2 N–H and O–H groups in total. The predicted octanol–water partition coefficient (Wildman–Crippen LogP) is 3.71. The second-order valence-corrected chi connectivity index (χ2v) is 9.16. The third-order valence-corrected chi connectivity index (χ3v) is 6.42. The van der Waals surface area contributed by atoms with Crippen LogP contribution in [0.4, 0.5) is 10.5 Å². The van der Waals surface area contributed by atoms with Crippen LogP contribution in [0.15, 0.2) is 59.7 Å². The Hall–Kier alpha value is -3.88. The quantitative estimate of drug-likeness (QED) is 0.521. The summed E-state index contributed by atoms with van der Waals surface area (Å²) in [4.78, 5) is 40.4. The summed E-state index contributed by atoms with van der Waals surface area (Å²) in [6.45, 7) is 1.55.